The second kappa shape index (κ2) is 10.9. The fourth-order valence-electron chi connectivity index (χ4n) is 3.24. The van der Waals surface area contributed by atoms with Crippen LogP contribution in [0, 0.1) is 6.92 Å². The Bertz CT molecular complexity index is 932. The first-order valence-electron chi connectivity index (χ1n) is 11.0. The second-order valence-electron chi connectivity index (χ2n) is 8.85. The molecule has 1 amide bonds. The Labute approximate surface area is 189 Å². The van der Waals surface area contributed by atoms with Crippen molar-refractivity contribution in [2.24, 2.45) is 4.99 Å². The van der Waals surface area contributed by atoms with Crippen LogP contribution in [0.25, 0.3) is 0 Å². The number of aromatic amines is 1. The fraction of sp³-hybridized carbons (Fsp3) is 0.522. The minimum Gasteiger partial charge on any atom is -0.490 e. The van der Waals surface area contributed by atoms with Crippen molar-refractivity contribution in [3.63, 3.8) is 0 Å². The minimum atomic E-state index is -0.301. The third-order valence-corrected chi connectivity index (χ3v) is 4.76. The molecule has 0 saturated carbocycles. The van der Waals surface area contributed by atoms with E-state index in [1.165, 1.54) is 5.56 Å². The SMILES string of the molecule is Cc1[nH]ncc1CCCNC(=NCC(=O)NC(C)(C)C)Nc1ccc2c(c1)OCCCO2. The van der Waals surface area contributed by atoms with Gasteiger partial charge in [0.15, 0.2) is 17.5 Å². The number of aliphatic imine (C=N–C) groups is 1. The van der Waals surface area contributed by atoms with Gasteiger partial charge in [-0.05, 0) is 58.2 Å². The number of hydrogen-bond acceptors (Lipinski definition) is 5. The monoisotopic (exact) mass is 442 g/mol. The molecule has 2 aromatic rings. The Hall–Kier alpha value is -3.23. The average Bonchev–Trinajstić information content (AvgIpc) is 2.99. The van der Waals surface area contributed by atoms with Gasteiger partial charge >= 0.3 is 0 Å². The molecule has 0 atom stereocenters. The van der Waals surface area contributed by atoms with Crippen molar-refractivity contribution in [1.82, 2.24) is 20.8 Å². The van der Waals surface area contributed by atoms with E-state index < -0.39 is 0 Å². The number of carbonyl (C=O) groups excluding carboxylic acids is 1. The van der Waals surface area contributed by atoms with Crippen LogP contribution in [0.15, 0.2) is 29.4 Å². The van der Waals surface area contributed by atoms with Crippen LogP contribution in [-0.4, -0.2) is 53.9 Å². The van der Waals surface area contributed by atoms with E-state index in [4.69, 9.17) is 9.47 Å². The van der Waals surface area contributed by atoms with Crippen molar-refractivity contribution in [1.29, 1.82) is 0 Å². The van der Waals surface area contributed by atoms with Gasteiger partial charge in [-0.15, -0.1) is 0 Å². The average molecular weight is 443 g/mol. The summed E-state index contributed by atoms with van der Waals surface area (Å²) in [5, 5.41) is 16.5. The number of H-pyrrole nitrogens is 1. The molecule has 174 valence electrons. The summed E-state index contributed by atoms with van der Waals surface area (Å²) < 4.78 is 11.5. The Morgan fingerprint density at radius 2 is 2.00 bits per heavy atom. The Kier molecular flexibility index (Phi) is 7.97. The van der Waals surface area contributed by atoms with Crippen LogP contribution in [0.1, 0.15) is 44.9 Å². The molecule has 1 aromatic carbocycles. The van der Waals surface area contributed by atoms with Crippen LogP contribution >= 0.6 is 0 Å². The molecule has 3 rings (SSSR count). The maximum absolute atomic E-state index is 12.2. The van der Waals surface area contributed by atoms with Crippen molar-refractivity contribution in [3.8, 4) is 11.5 Å². The molecule has 1 aromatic heterocycles. The zero-order valence-electron chi connectivity index (χ0n) is 19.4. The van der Waals surface area contributed by atoms with E-state index in [0.717, 1.165) is 36.4 Å². The number of nitrogens with zero attached hydrogens (tertiary/aromatic N) is 2. The lowest BCUT2D eigenvalue weighted by Crippen LogP contribution is -2.42. The second-order valence-corrected chi connectivity index (χ2v) is 8.85. The number of fused-ring (bicyclic) bond motifs is 1. The number of anilines is 1. The molecule has 2 heterocycles. The summed E-state index contributed by atoms with van der Waals surface area (Å²) in [5.41, 5.74) is 2.79. The molecule has 0 fully saturated rings. The van der Waals surface area contributed by atoms with E-state index in [2.05, 4.69) is 31.1 Å². The van der Waals surface area contributed by atoms with E-state index in [9.17, 15) is 4.79 Å². The van der Waals surface area contributed by atoms with Gasteiger partial charge in [0.2, 0.25) is 5.91 Å². The number of rotatable bonds is 7. The molecule has 0 aliphatic carbocycles. The summed E-state index contributed by atoms with van der Waals surface area (Å²) in [6.45, 7) is 9.84. The zero-order chi connectivity index (χ0) is 23.0. The molecule has 4 N–H and O–H groups in total. The molecule has 1 aliphatic heterocycles. The van der Waals surface area contributed by atoms with E-state index in [0.29, 0.717) is 31.5 Å². The standard InChI is InChI=1S/C23H34N6O3/c1-16-17(14-26-29-16)7-5-10-24-22(25-15-21(30)28-23(2,3)4)27-18-8-9-19-20(13-18)32-12-6-11-31-19/h8-9,13-14H,5-7,10-12,15H2,1-4H3,(H,26,29)(H,28,30)(H2,24,25,27). The van der Waals surface area contributed by atoms with Crippen LogP contribution in [0.3, 0.4) is 0 Å². The van der Waals surface area contributed by atoms with Crippen molar-refractivity contribution in [2.75, 3.05) is 31.6 Å². The molecule has 0 bridgehead atoms. The van der Waals surface area contributed by atoms with Crippen molar-refractivity contribution in [3.05, 3.63) is 35.7 Å². The third kappa shape index (κ3) is 7.47. The molecule has 0 spiro atoms. The lowest BCUT2D eigenvalue weighted by Gasteiger charge is -2.20. The van der Waals surface area contributed by atoms with Crippen molar-refractivity contribution < 1.29 is 14.3 Å². The number of aromatic nitrogens is 2. The Morgan fingerprint density at radius 1 is 1.22 bits per heavy atom. The van der Waals surface area contributed by atoms with Gasteiger partial charge in [0.1, 0.15) is 6.54 Å². The lowest BCUT2D eigenvalue weighted by molar-refractivity contribution is -0.121. The highest BCUT2D eigenvalue weighted by atomic mass is 16.5. The number of ether oxygens (including phenoxy) is 2. The van der Waals surface area contributed by atoms with Gasteiger partial charge in [0.05, 0.1) is 19.4 Å². The number of amides is 1. The van der Waals surface area contributed by atoms with Crippen molar-refractivity contribution in [2.45, 2.75) is 52.5 Å². The van der Waals surface area contributed by atoms with E-state index in [1.807, 2.05) is 52.1 Å². The quantitative estimate of drug-likeness (QED) is 0.298. The molecule has 0 saturated heterocycles. The van der Waals surface area contributed by atoms with Gasteiger partial charge in [-0.25, -0.2) is 4.99 Å². The van der Waals surface area contributed by atoms with Gasteiger partial charge in [-0.1, -0.05) is 0 Å². The van der Waals surface area contributed by atoms with Crippen LogP contribution in [0.2, 0.25) is 0 Å². The van der Waals surface area contributed by atoms with Gasteiger partial charge in [-0.2, -0.15) is 5.10 Å². The van der Waals surface area contributed by atoms with Crippen LogP contribution < -0.4 is 25.4 Å². The normalized spacial score (nSPS) is 13.9. The number of carbonyl (C=O) groups is 1. The predicted molar refractivity (Wildman–Crippen MR) is 126 cm³/mol. The predicted octanol–water partition coefficient (Wildman–Crippen LogP) is 2.78. The number of benzene rings is 1. The molecule has 9 heteroatoms. The maximum atomic E-state index is 12.2. The maximum Gasteiger partial charge on any atom is 0.242 e. The van der Waals surface area contributed by atoms with Crippen molar-refractivity contribution >= 4 is 17.6 Å². The van der Waals surface area contributed by atoms with E-state index in [1.54, 1.807) is 0 Å². The summed E-state index contributed by atoms with van der Waals surface area (Å²) >= 11 is 0. The van der Waals surface area contributed by atoms with Gasteiger partial charge in [-0.3, -0.25) is 9.89 Å². The third-order valence-electron chi connectivity index (χ3n) is 4.76. The largest absolute Gasteiger partial charge is 0.490 e. The molecule has 1 aliphatic rings. The van der Waals surface area contributed by atoms with E-state index >= 15 is 0 Å². The zero-order valence-corrected chi connectivity index (χ0v) is 19.4. The smallest absolute Gasteiger partial charge is 0.242 e. The fourth-order valence-corrected chi connectivity index (χ4v) is 3.24. The Morgan fingerprint density at radius 3 is 2.72 bits per heavy atom. The van der Waals surface area contributed by atoms with Gasteiger partial charge < -0.3 is 25.4 Å². The minimum absolute atomic E-state index is 0.0258. The summed E-state index contributed by atoms with van der Waals surface area (Å²) in [5.74, 6) is 1.84. The molecule has 0 radical (unpaired) electrons. The topological polar surface area (TPSA) is 113 Å². The van der Waals surface area contributed by atoms with Crippen LogP contribution in [0.4, 0.5) is 5.69 Å². The number of aryl methyl sites for hydroxylation is 2. The van der Waals surface area contributed by atoms with Gasteiger partial charge in [0.25, 0.3) is 0 Å². The Balaban J connectivity index is 1.63. The molecule has 32 heavy (non-hydrogen) atoms. The lowest BCUT2D eigenvalue weighted by atomic mass is 10.1. The molecular formula is C23H34N6O3. The summed E-state index contributed by atoms with van der Waals surface area (Å²) in [4.78, 5) is 16.7. The first kappa shape index (κ1) is 23.4. The summed E-state index contributed by atoms with van der Waals surface area (Å²) in [6, 6.07) is 5.69. The molecule has 0 unspecified atom stereocenters. The molecule has 9 nitrogen and oxygen atoms in total. The number of hydrogen-bond donors (Lipinski definition) is 4. The summed E-state index contributed by atoms with van der Waals surface area (Å²) in [6.07, 6.45) is 4.51. The first-order chi connectivity index (χ1) is 15.3. The highest BCUT2D eigenvalue weighted by Gasteiger charge is 2.14. The first-order valence-corrected chi connectivity index (χ1v) is 11.0. The summed E-state index contributed by atoms with van der Waals surface area (Å²) in [7, 11) is 0. The highest BCUT2D eigenvalue weighted by molar-refractivity contribution is 5.95. The van der Waals surface area contributed by atoms with Crippen LogP contribution in [0.5, 0.6) is 11.5 Å². The van der Waals surface area contributed by atoms with Gasteiger partial charge in [0, 0.05) is 36.0 Å². The van der Waals surface area contributed by atoms with Crippen LogP contribution in [-0.2, 0) is 11.2 Å². The number of guanidine groups is 1. The number of nitrogens with one attached hydrogen (secondary N) is 4. The highest BCUT2D eigenvalue weighted by Crippen LogP contribution is 2.32. The molecular weight excluding hydrogens is 408 g/mol. The van der Waals surface area contributed by atoms with E-state index in [-0.39, 0.29) is 18.0 Å².